The molecule has 5 nitrogen and oxygen atoms in total. The molecule has 4 rings (SSSR count). The molecule has 0 atom stereocenters. The number of carbonyl (C=O) groups is 2. The van der Waals surface area contributed by atoms with E-state index in [1.165, 1.54) is 11.1 Å². The third-order valence-electron chi connectivity index (χ3n) is 5.25. The van der Waals surface area contributed by atoms with Crippen molar-refractivity contribution in [3.05, 3.63) is 76.9 Å². The summed E-state index contributed by atoms with van der Waals surface area (Å²) in [5.74, 6) is -2.92. The Balaban J connectivity index is 1.75. The van der Waals surface area contributed by atoms with Gasteiger partial charge < -0.3 is 14.6 Å². The van der Waals surface area contributed by atoms with E-state index in [1.54, 1.807) is 6.92 Å². The van der Waals surface area contributed by atoms with Gasteiger partial charge in [-0.15, -0.1) is 0 Å². The van der Waals surface area contributed by atoms with E-state index in [0.29, 0.717) is 24.2 Å². The van der Waals surface area contributed by atoms with Gasteiger partial charge in [0.15, 0.2) is 0 Å². The van der Waals surface area contributed by atoms with Gasteiger partial charge in [0.05, 0.1) is 23.4 Å². The van der Waals surface area contributed by atoms with Crippen molar-refractivity contribution in [3.63, 3.8) is 0 Å². The number of esters is 1. The summed E-state index contributed by atoms with van der Waals surface area (Å²) >= 11 is 0. The lowest BCUT2D eigenvalue weighted by Crippen LogP contribution is -2.28. The van der Waals surface area contributed by atoms with Crippen molar-refractivity contribution in [2.45, 2.75) is 19.5 Å². The highest BCUT2D eigenvalue weighted by Gasteiger charge is 2.35. The van der Waals surface area contributed by atoms with Gasteiger partial charge in [0.25, 0.3) is 5.91 Å². The van der Waals surface area contributed by atoms with E-state index in [9.17, 15) is 27.2 Å². The molecule has 0 unspecified atom stereocenters. The topological polar surface area (TPSA) is 62.4 Å². The van der Waals surface area contributed by atoms with Crippen LogP contribution in [0.2, 0.25) is 0 Å². The van der Waals surface area contributed by atoms with Gasteiger partial charge in [-0.3, -0.25) is 4.79 Å². The molecule has 166 valence electrons. The first kappa shape index (κ1) is 21.6. The van der Waals surface area contributed by atoms with Gasteiger partial charge in [-0.1, -0.05) is 18.2 Å². The quantitative estimate of drug-likeness (QED) is 0.459. The SMILES string of the molecule is CCOC(=O)C1=CN(C(=O)c2ccc(C(F)(F)F)c(F)c2)CCc2c1[nH]c1ccccc21. The minimum Gasteiger partial charge on any atom is -0.462 e. The van der Waals surface area contributed by atoms with E-state index in [0.717, 1.165) is 22.5 Å². The fourth-order valence-corrected chi connectivity index (χ4v) is 3.77. The molecule has 32 heavy (non-hydrogen) atoms. The maximum Gasteiger partial charge on any atom is 0.419 e. The molecular weight excluding hydrogens is 428 g/mol. The number of nitrogens with zero attached hydrogens (tertiary/aromatic N) is 1. The van der Waals surface area contributed by atoms with Crippen molar-refractivity contribution >= 4 is 28.4 Å². The first-order chi connectivity index (χ1) is 15.2. The summed E-state index contributed by atoms with van der Waals surface area (Å²) in [4.78, 5) is 30.0. The molecular formula is C23H18F4N2O3. The Labute approximate surface area is 180 Å². The molecule has 0 spiro atoms. The predicted molar refractivity (Wildman–Crippen MR) is 109 cm³/mol. The number of hydrogen-bond donors (Lipinski definition) is 1. The van der Waals surface area contributed by atoms with E-state index in [1.807, 2.05) is 24.3 Å². The molecule has 1 amide bonds. The molecule has 0 saturated heterocycles. The molecule has 9 heteroatoms. The second-order valence-corrected chi connectivity index (χ2v) is 7.23. The van der Waals surface area contributed by atoms with Crippen LogP contribution in [0.25, 0.3) is 16.5 Å². The molecule has 2 heterocycles. The largest absolute Gasteiger partial charge is 0.462 e. The minimum atomic E-state index is -4.87. The Morgan fingerprint density at radius 2 is 1.91 bits per heavy atom. The molecule has 2 aromatic carbocycles. The number of amides is 1. The lowest BCUT2D eigenvalue weighted by Gasteiger charge is -2.18. The highest BCUT2D eigenvalue weighted by atomic mass is 19.4. The van der Waals surface area contributed by atoms with Crippen molar-refractivity contribution in [3.8, 4) is 0 Å². The van der Waals surface area contributed by atoms with E-state index in [-0.39, 0.29) is 24.3 Å². The van der Waals surface area contributed by atoms with Crippen molar-refractivity contribution in [2.75, 3.05) is 13.2 Å². The zero-order valence-electron chi connectivity index (χ0n) is 16.9. The van der Waals surface area contributed by atoms with Gasteiger partial charge in [-0.05, 0) is 43.2 Å². The maximum absolute atomic E-state index is 14.0. The highest BCUT2D eigenvalue weighted by molar-refractivity contribution is 6.18. The van der Waals surface area contributed by atoms with Gasteiger partial charge in [-0.2, -0.15) is 13.2 Å². The van der Waals surface area contributed by atoms with Crippen molar-refractivity contribution in [1.29, 1.82) is 0 Å². The number of ether oxygens (including phenoxy) is 1. The smallest absolute Gasteiger partial charge is 0.419 e. The van der Waals surface area contributed by atoms with Crippen LogP contribution in [0.15, 0.2) is 48.7 Å². The molecule has 1 aromatic heterocycles. The molecule has 1 N–H and O–H groups in total. The number of hydrogen-bond acceptors (Lipinski definition) is 3. The van der Waals surface area contributed by atoms with E-state index < -0.39 is 29.4 Å². The summed E-state index contributed by atoms with van der Waals surface area (Å²) in [6, 6.07) is 9.46. The van der Waals surface area contributed by atoms with Crippen LogP contribution in [0.5, 0.6) is 0 Å². The van der Waals surface area contributed by atoms with Gasteiger partial charge in [-0.25, -0.2) is 9.18 Å². The van der Waals surface area contributed by atoms with Crippen molar-refractivity contribution < 1.29 is 31.9 Å². The molecule has 0 bridgehead atoms. The Bertz CT molecular complexity index is 1240. The average Bonchev–Trinajstić information content (AvgIpc) is 3.00. The van der Waals surface area contributed by atoms with Crippen LogP contribution in [0.1, 0.15) is 34.1 Å². The number of rotatable bonds is 3. The van der Waals surface area contributed by atoms with E-state index >= 15 is 0 Å². The number of halogens is 4. The summed E-state index contributed by atoms with van der Waals surface area (Å²) in [5, 5.41) is 0.882. The summed E-state index contributed by atoms with van der Waals surface area (Å²) < 4.78 is 57.7. The Morgan fingerprint density at radius 3 is 2.59 bits per heavy atom. The first-order valence-electron chi connectivity index (χ1n) is 9.87. The maximum atomic E-state index is 14.0. The van der Waals surface area contributed by atoms with Crippen LogP contribution < -0.4 is 0 Å². The summed E-state index contributed by atoms with van der Waals surface area (Å²) in [5.41, 5.74) is 0.542. The van der Waals surface area contributed by atoms with Crippen LogP contribution in [0, 0.1) is 5.82 Å². The number of aromatic amines is 1. The minimum absolute atomic E-state index is 0.108. The van der Waals surface area contributed by atoms with Crippen molar-refractivity contribution in [1.82, 2.24) is 9.88 Å². The van der Waals surface area contributed by atoms with Crippen LogP contribution in [-0.2, 0) is 22.1 Å². The fourth-order valence-electron chi connectivity index (χ4n) is 3.77. The third kappa shape index (κ3) is 3.86. The molecule has 3 aromatic rings. The third-order valence-corrected chi connectivity index (χ3v) is 5.25. The van der Waals surface area contributed by atoms with Crippen LogP contribution in [0.4, 0.5) is 17.6 Å². The van der Waals surface area contributed by atoms with Gasteiger partial charge in [0, 0.05) is 29.2 Å². The zero-order chi connectivity index (χ0) is 23.0. The number of benzene rings is 2. The summed E-state index contributed by atoms with van der Waals surface area (Å²) in [7, 11) is 0. The number of aromatic nitrogens is 1. The van der Waals surface area contributed by atoms with Gasteiger partial charge in [0.2, 0.25) is 0 Å². The van der Waals surface area contributed by atoms with Gasteiger partial charge in [0.1, 0.15) is 5.82 Å². The average molecular weight is 446 g/mol. The number of H-pyrrole nitrogens is 1. The van der Waals surface area contributed by atoms with Crippen LogP contribution in [-0.4, -0.2) is 34.9 Å². The Morgan fingerprint density at radius 1 is 1.16 bits per heavy atom. The van der Waals surface area contributed by atoms with Gasteiger partial charge >= 0.3 is 12.1 Å². The molecule has 0 aliphatic carbocycles. The summed E-state index contributed by atoms with van der Waals surface area (Å²) in [6.45, 7) is 1.90. The second kappa shape index (κ2) is 8.14. The number of carbonyl (C=O) groups excluding carboxylic acids is 2. The molecule has 0 fully saturated rings. The van der Waals surface area contributed by atoms with Crippen LogP contribution >= 0.6 is 0 Å². The first-order valence-corrected chi connectivity index (χ1v) is 9.87. The zero-order valence-corrected chi connectivity index (χ0v) is 16.9. The lowest BCUT2D eigenvalue weighted by molar-refractivity contribution is -0.140. The van der Waals surface area contributed by atoms with E-state index in [4.69, 9.17) is 4.74 Å². The van der Waals surface area contributed by atoms with E-state index in [2.05, 4.69) is 4.98 Å². The number of para-hydroxylation sites is 1. The van der Waals surface area contributed by atoms with Crippen LogP contribution in [0.3, 0.4) is 0 Å². The lowest BCUT2D eigenvalue weighted by atomic mass is 10.0. The molecule has 1 aliphatic rings. The van der Waals surface area contributed by atoms with Crippen molar-refractivity contribution in [2.24, 2.45) is 0 Å². The number of fused-ring (bicyclic) bond motifs is 3. The number of nitrogens with one attached hydrogen (secondary N) is 1. The second-order valence-electron chi connectivity index (χ2n) is 7.23. The Kier molecular flexibility index (Phi) is 5.50. The standard InChI is InChI=1S/C23H18F4N2O3/c1-2-32-22(31)16-12-29(10-9-15-14-5-3-4-6-19(14)28-20(15)16)21(30)13-7-8-17(18(24)11-13)23(25,26)27/h3-8,11-12,28H,2,9-10H2,1H3. The molecule has 1 aliphatic heterocycles. The predicted octanol–water partition coefficient (Wildman–Crippen LogP) is 4.93. The molecule has 0 saturated carbocycles. The summed E-state index contributed by atoms with van der Waals surface area (Å²) in [6.07, 6.45) is -3.19. The molecule has 0 radical (unpaired) electrons. The number of alkyl halides is 3. The highest BCUT2D eigenvalue weighted by Crippen LogP contribution is 2.33. The normalized spacial score (nSPS) is 14.0. The monoisotopic (exact) mass is 446 g/mol. The fraction of sp³-hybridized carbons (Fsp3) is 0.217. The Hall–Kier alpha value is -3.62.